The van der Waals surface area contributed by atoms with E-state index in [1.165, 1.54) is 0 Å². The second-order valence-corrected chi connectivity index (χ2v) is 4.22. The lowest BCUT2D eigenvalue weighted by Crippen LogP contribution is -1.81. The summed E-state index contributed by atoms with van der Waals surface area (Å²) in [7, 11) is 0. The predicted octanol–water partition coefficient (Wildman–Crippen LogP) is 3.25. The third-order valence-corrected chi connectivity index (χ3v) is 3.44. The second kappa shape index (κ2) is 4.07. The molecule has 0 fully saturated rings. The van der Waals surface area contributed by atoms with E-state index in [0.29, 0.717) is 5.88 Å². The molecule has 0 saturated heterocycles. The zero-order chi connectivity index (χ0) is 9.97. The van der Waals surface area contributed by atoms with E-state index in [1.54, 1.807) is 17.5 Å². The fourth-order valence-corrected chi connectivity index (χ4v) is 2.36. The summed E-state index contributed by atoms with van der Waals surface area (Å²) in [5.41, 5.74) is 1.98. The Labute approximate surface area is 91.6 Å². The van der Waals surface area contributed by atoms with Crippen molar-refractivity contribution in [2.75, 3.05) is 0 Å². The standard InChI is InChI=1S/C10H9ClN2S/c1-7-10(14-9(6-11)13-7)8-4-2-3-5-12-8/h2-5H,6H2,1H3. The summed E-state index contributed by atoms with van der Waals surface area (Å²) >= 11 is 7.33. The Kier molecular flexibility index (Phi) is 2.79. The molecule has 0 aliphatic carbocycles. The molecule has 2 aromatic heterocycles. The molecule has 0 amide bonds. The molecule has 72 valence electrons. The zero-order valence-electron chi connectivity index (χ0n) is 7.70. The molecule has 2 heterocycles. The maximum Gasteiger partial charge on any atom is 0.108 e. The molecule has 2 aromatic rings. The number of pyridine rings is 1. The maximum atomic E-state index is 5.73. The number of aromatic nitrogens is 2. The highest BCUT2D eigenvalue weighted by Gasteiger charge is 2.09. The Balaban J connectivity index is 2.46. The maximum absolute atomic E-state index is 5.73. The number of thiazole rings is 1. The van der Waals surface area contributed by atoms with Gasteiger partial charge in [0.15, 0.2) is 0 Å². The first-order valence-electron chi connectivity index (χ1n) is 4.25. The summed E-state index contributed by atoms with van der Waals surface area (Å²) in [6, 6.07) is 5.86. The molecule has 0 bridgehead atoms. The molecule has 0 aliphatic heterocycles. The van der Waals surface area contributed by atoms with E-state index in [4.69, 9.17) is 11.6 Å². The van der Waals surface area contributed by atoms with Crippen molar-refractivity contribution < 1.29 is 0 Å². The van der Waals surface area contributed by atoms with Gasteiger partial charge in [-0.15, -0.1) is 22.9 Å². The summed E-state index contributed by atoms with van der Waals surface area (Å²) in [4.78, 5) is 9.75. The van der Waals surface area contributed by atoms with Gasteiger partial charge in [-0.3, -0.25) is 4.98 Å². The number of hydrogen-bond acceptors (Lipinski definition) is 3. The van der Waals surface area contributed by atoms with Crippen molar-refractivity contribution in [2.24, 2.45) is 0 Å². The van der Waals surface area contributed by atoms with Crippen LogP contribution in [0.3, 0.4) is 0 Å². The SMILES string of the molecule is Cc1nc(CCl)sc1-c1ccccn1. The lowest BCUT2D eigenvalue weighted by atomic mass is 10.3. The molecule has 0 aliphatic rings. The van der Waals surface area contributed by atoms with Gasteiger partial charge in [-0.2, -0.15) is 0 Å². The highest BCUT2D eigenvalue weighted by Crippen LogP contribution is 2.28. The van der Waals surface area contributed by atoms with Crippen molar-refractivity contribution in [1.82, 2.24) is 9.97 Å². The van der Waals surface area contributed by atoms with Crippen LogP contribution in [0.25, 0.3) is 10.6 Å². The number of halogens is 1. The molecule has 0 spiro atoms. The van der Waals surface area contributed by atoms with Gasteiger partial charge in [0, 0.05) is 6.20 Å². The van der Waals surface area contributed by atoms with Gasteiger partial charge >= 0.3 is 0 Å². The first-order valence-corrected chi connectivity index (χ1v) is 5.60. The molecular weight excluding hydrogens is 216 g/mol. The van der Waals surface area contributed by atoms with Crippen molar-refractivity contribution in [3.05, 3.63) is 35.1 Å². The van der Waals surface area contributed by atoms with E-state index in [1.807, 2.05) is 25.1 Å². The van der Waals surface area contributed by atoms with Crippen molar-refractivity contribution in [3.8, 4) is 10.6 Å². The zero-order valence-corrected chi connectivity index (χ0v) is 9.27. The number of alkyl halides is 1. The fourth-order valence-electron chi connectivity index (χ4n) is 1.24. The van der Waals surface area contributed by atoms with Crippen LogP contribution in [-0.4, -0.2) is 9.97 Å². The molecular formula is C10H9ClN2S. The van der Waals surface area contributed by atoms with E-state index in [-0.39, 0.29) is 0 Å². The van der Waals surface area contributed by atoms with Crippen LogP contribution in [0.4, 0.5) is 0 Å². The number of hydrogen-bond donors (Lipinski definition) is 0. The van der Waals surface area contributed by atoms with Crippen LogP contribution in [0.15, 0.2) is 24.4 Å². The molecule has 2 nitrogen and oxygen atoms in total. The molecule has 0 N–H and O–H groups in total. The van der Waals surface area contributed by atoms with E-state index in [2.05, 4.69) is 9.97 Å². The Hall–Kier alpha value is -0.930. The number of aryl methyl sites for hydroxylation is 1. The fraction of sp³-hybridized carbons (Fsp3) is 0.200. The Morgan fingerprint density at radius 1 is 1.43 bits per heavy atom. The van der Waals surface area contributed by atoms with Gasteiger partial charge in [0.1, 0.15) is 5.01 Å². The molecule has 4 heteroatoms. The molecule has 0 radical (unpaired) electrons. The summed E-state index contributed by atoms with van der Waals surface area (Å²) in [6.07, 6.45) is 1.79. The van der Waals surface area contributed by atoms with E-state index in [9.17, 15) is 0 Å². The topological polar surface area (TPSA) is 25.8 Å². The van der Waals surface area contributed by atoms with Gasteiger partial charge in [0.2, 0.25) is 0 Å². The summed E-state index contributed by atoms with van der Waals surface area (Å²) in [5, 5.41) is 0.949. The van der Waals surface area contributed by atoms with E-state index in [0.717, 1.165) is 21.3 Å². The minimum absolute atomic E-state index is 0.471. The molecule has 0 saturated carbocycles. The van der Waals surface area contributed by atoms with Crippen LogP contribution in [0.2, 0.25) is 0 Å². The van der Waals surface area contributed by atoms with Crippen molar-refractivity contribution >= 4 is 22.9 Å². The molecule has 0 unspecified atom stereocenters. The van der Waals surface area contributed by atoms with Crippen molar-refractivity contribution in [3.63, 3.8) is 0 Å². The highest BCUT2D eigenvalue weighted by molar-refractivity contribution is 7.15. The highest BCUT2D eigenvalue weighted by atomic mass is 35.5. The lowest BCUT2D eigenvalue weighted by Gasteiger charge is -1.95. The normalized spacial score (nSPS) is 10.4. The van der Waals surface area contributed by atoms with Gasteiger partial charge in [0.05, 0.1) is 22.1 Å². The predicted molar refractivity (Wildman–Crippen MR) is 59.6 cm³/mol. The molecule has 2 rings (SSSR count). The van der Waals surface area contributed by atoms with Crippen LogP contribution >= 0.6 is 22.9 Å². The third-order valence-electron chi connectivity index (χ3n) is 1.85. The Morgan fingerprint density at radius 2 is 2.29 bits per heavy atom. The summed E-state index contributed by atoms with van der Waals surface area (Å²) in [6.45, 7) is 1.98. The van der Waals surface area contributed by atoms with Crippen molar-refractivity contribution in [1.29, 1.82) is 0 Å². The van der Waals surface area contributed by atoms with Gasteiger partial charge in [-0.05, 0) is 19.1 Å². The van der Waals surface area contributed by atoms with Crippen LogP contribution < -0.4 is 0 Å². The summed E-state index contributed by atoms with van der Waals surface area (Å²) < 4.78 is 0. The second-order valence-electron chi connectivity index (χ2n) is 2.87. The quantitative estimate of drug-likeness (QED) is 0.732. The van der Waals surface area contributed by atoms with Gasteiger partial charge in [0.25, 0.3) is 0 Å². The lowest BCUT2D eigenvalue weighted by molar-refractivity contribution is 1.18. The minimum Gasteiger partial charge on any atom is -0.255 e. The Morgan fingerprint density at radius 3 is 2.86 bits per heavy atom. The van der Waals surface area contributed by atoms with Gasteiger partial charge in [-0.1, -0.05) is 6.07 Å². The largest absolute Gasteiger partial charge is 0.255 e. The molecule has 0 atom stereocenters. The first-order chi connectivity index (χ1) is 6.81. The smallest absolute Gasteiger partial charge is 0.108 e. The molecule has 14 heavy (non-hydrogen) atoms. The summed E-state index contributed by atoms with van der Waals surface area (Å²) in [5.74, 6) is 0.471. The monoisotopic (exact) mass is 224 g/mol. The average molecular weight is 225 g/mol. The van der Waals surface area contributed by atoms with Crippen LogP contribution in [0.1, 0.15) is 10.7 Å². The minimum atomic E-state index is 0.471. The number of rotatable bonds is 2. The van der Waals surface area contributed by atoms with Crippen LogP contribution in [0.5, 0.6) is 0 Å². The van der Waals surface area contributed by atoms with Crippen LogP contribution in [-0.2, 0) is 5.88 Å². The molecule has 0 aromatic carbocycles. The van der Waals surface area contributed by atoms with Gasteiger partial charge < -0.3 is 0 Å². The number of nitrogens with zero attached hydrogens (tertiary/aromatic N) is 2. The van der Waals surface area contributed by atoms with E-state index < -0.39 is 0 Å². The van der Waals surface area contributed by atoms with E-state index >= 15 is 0 Å². The third kappa shape index (κ3) is 1.79. The Bertz CT molecular complexity index is 425. The average Bonchev–Trinajstić information content (AvgIpc) is 2.61. The first kappa shape index (κ1) is 9.62. The van der Waals surface area contributed by atoms with Crippen LogP contribution in [0, 0.1) is 6.92 Å². The van der Waals surface area contributed by atoms with Crippen molar-refractivity contribution in [2.45, 2.75) is 12.8 Å². The van der Waals surface area contributed by atoms with Gasteiger partial charge in [-0.25, -0.2) is 4.98 Å².